The highest BCUT2D eigenvalue weighted by molar-refractivity contribution is 6.74. The van der Waals surface area contributed by atoms with Crippen molar-refractivity contribution < 1.29 is 28.2 Å². The molecule has 0 aromatic carbocycles. The van der Waals surface area contributed by atoms with E-state index in [1.54, 1.807) is 20.8 Å². The van der Waals surface area contributed by atoms with Crippen molar-refractivity contribution in [2.45, 2.75) is 77.7 Å². The normalized spacial score (nSPS) is 21.9. The highest BCUT2D eigenvalue weighted by atomic mass is 28.4. The minimum atomic E-state index is -2.26. The van der Waals surface area contributed by atoms with Gasteiger partial charge in [0.1, 0.15) is 6.10 Å². The van der Waals surface area contributed by atoms with E-state index in [0.29, 0.717) is 0 Å². The molecule has 2 atom stereocenters. The van der Waals surface area contributed by atoms with Crippen molar-refractivity contribution in [3.8, 4) is 0 Å². The van der Waals surface area contributed by atoms with Crippen LogP contribution in [0.1, 0.15) is 41.5 Å². The van der Waals surface area contributed by atoms with Crippen molar-refractivity contribution in [1.82, 2.24) is 0 Å². The van der Waals surface area contributed by atoms with E-state index in [9.17, 15) is 10.3 Å². The number of esters is 1. The third-order valence-corrected chi connectivity index (χ3v) is 8.91. The Kier molecular flexibility index (Phi) is 6.52. The lowest BCUT2D eigenvalue weighted by atomic mass is 10.1. The average molecular weight is 359 g/mol. The Morgan fingerprint density at radius 2 is 2.00 bits per heavy atom. The fourth-order valence-electron chi connectivity index (χ4n) is 2.09. The molecule has 0 radical (unpaired) electrons. The van der Waals surface area contributed by atoms with Crippen LogP contribution in [0, 0.1) is 0 Å². The summed E-state index contributed by atoms with van der Waals surface area (Å²) in [6.45, 7) is 16.1. The maximum absolute atomic E-state index is 12.2. The van der Waals surface area contributed by atoms with Crippen molar-refractivity contribution in [3.63, 3.8) is 0 Å². The molecule has 0 amide bonds. The molecule has 0 bridgehead atoms. The highest BCUT2D eigenvalue weighted by Crippen LogP contribution is 2.39. The Labute approximate surface area is 145 Å². The lowest BCUT2D eigenvalue weighted by molar-refractivity contribution is -0.153. The van der Waals surface area contributed by atoms with E-state index in [0.717, 1.165) is 0 Å². The van der Waals surface area contributed by atoms with E-state index in [-0.39, 0.29) is 24.0 Å². The van der Waals surface area contributed by atoms with E-state index in [1.807, 2.05) is 0 Å². The summed E-state index contributed by atoms with van der Waals surface area (Å²) in [4.78, 5) is 15.4. The second kappa shape index (κ2) is 7.45. The zero-order chi connectivity index (χ0) is 18.8. The molecule has 1 aliphatic heterocycles. The van der Waals surface area contributed by atoms with Gasteiger partial charge >= 0.3 is 11.7 Å². The van der Waals surface area contributed by atoms with E-state index >= 15 is 0 Å². The lowest BCUT2D eigenvalue weighted by Gasteiger charge is -2.39. The van der Waals surface area contributed by atoms with Gasteiger partial charge in [-0.3, -0.25) is 0 Å². The second-order valence-corrected chi connectivity index (χ2v) is 12.6. The number of carbonyl (C=O) groups excluding carboxylic acids is 1. The van der Waals surface area contributed by atoms with Crippen LogP contribution in [0.3, 0.4) is 0 Å². The fraction of sp³-hybridized carbons (Fsp3) is 0.875. The Bertz CT molecular complexity index is 521. The van der Waals surface area contributed by atoms with E-state index in [2.05, 4.69) is 38.7 Å². The molecule has 24 heavy (non-hydrogen) atoms. The van der Waals surface area contributed by atoms with Crippen molar-refractivity contribution >= 4 is 20.0 Å². The predicted molar refractivity (Wildman–Crippen MR) is 92.2 cm³/mol. The third-order valence-electron chi connectivity index (χ3n) is 4.46. The van der Waals surface area contributed by atoms with Crippen LogP contribution in [-0.4, -0.2) is 56.0 Å². The molecule has 7 nitrogen and oxygen atoms in total. The number of nitrogens with zero attached hydrogens (tertiary/aromatic N) is 2. The first-order valence-electron chi connectivity index (χ1n) is 8.23. The second-order valence-electron chi connectivity index (χ2n) is 7.87. The monoisotopic (exact) mass is 358 g/mol. The maximum atomic E-state index is 12.2. The van der Waals surface area contributed by atoms with Crippen molar-refractivity contribution in [2.75, 3.05) is 13.2 Å². The molecule has 0 spiro atoms. The quantitative estimate of drug-likeness (QED) is 0.239. The van der Waals surface area contributed by atoms with Gasteiger partial charge in [0.2, 0.25) is 0 Å². The van der Waals surface area contributed by atoms with Crippen LogP contribution in [0.5, 0.6) is 0 Å². The molecule has 138 valence electrons. The molecule has 0 N–H and O–H groups in total. The fourth-order valence-corrected chi connectivity index (χ4v) is 3.34. The molecule has 1 aliphatic rings. The van der Waals surface area contributed by atoms with Gasteiger partial charge in [0.25, 0.3) is 0 Å². The summed E-state index contributed by atoms with van der Waals surface area (Å²) >= 11 is 0. The molecule has 8 heteroatoms. The zero-order valence-corrected chi connectivity index (χ0v) is 17.0. The molecule has 1 fully saturated rings. The molecule has 0 aromatic rings. The van der Waals surface area contributed by atoms with Gasteiger partial charge in [-0.25, -0.2) is 4.79 Å². The number of hydrogen-bond acceptors (Lipinski definition) is 5. The Morgan fingerprint density at radius 3 is 2.38 bits per heavy atom. The topological polar surface area (TPSA) is 90.4 Å². The Balaban J connectivity index is 3.17. The van der Waals surface area contributed by atoms with E-state index in [4.69, 9.17) is 18.6 Å². The predicted octanol–water partition coefficient (Wildman–Crippen LogP) is 2.76. The van der Waals surface area contributed by atoms with E-state index in [1.165, 1.54) is 0 Å². The standard InChI is InChI=1S/C16H30N2O5Si/c1-9-20-14(19)12(18-17)13(11-10-21-16(5,6)22-11)23-24(7,8)15(2,3)4/h11,13H,9-10H2,1-8H3/t11-,13-/m1/s1. The van der Waals surface area contributed by atoms with Crippen LogP contribution >= 0.6 is 0 Å². The average Bonchev–Trinajstić information content (AvgIpc) is 2.77. The van der Waals surface area contributed by atoms with Gasteiger partial charge in [0.15, 0.2) is 20.2 Å². The van der Waals surface area contributed by atoms with Gasteiger partial charge in [-0.1, -0.05) is 20.8 Å². The van der Waals surface area contributed by atoms with Gasteiger partial charge in [-0.05, 0) is 38.9 Å². The lowest BCUT2D eigenvalue weighted by Crippen LogP contribution is -2.53. The summed E-state index contributed by atoms with van der Waals surface area (Å²) in [5, 5.41) is -0.0878. The minimum absolute atomic E-state index is 0.0878. The largest absolute Gasteiger partial charge is 0.457 e. The Hall–Kier alpha value is -1.05. The molecule has 1 saturated heterocycles. The van der Waals surface area contributed by atoms with Gasteiger partial charge in [-0.15, -0.1) is 0 Å². The molecular weight excluding hydrogens is 328 g/mol. The Morgan fingerprint density at radius 1 is 1.42 bits per heavy atom. The van der Waals surface area contributed by atoms with Crippen LogP contribution in [-0.2, 0) is 23.4 Å². The van der Waals surface area contributed by atoms with Crippen LogP contribution in [0.15, 0.2) is 0 Å². The van der Waals surface area contributed by atoms with Crippen molar-refractivity contribution in [2.24, 2.45) is 0 Å². The summed E-state index contributed by atoms with van der Waals surface area (Å²) in [7, 11) is -2.26. The molecule has 0 saturated carbocycles. The molecule has 0 aliphatic carbocycles. The number of hydrogen-bond donors (Lipinski definition) is 0. The molecule has 0 aromatic heterocycles. The van der Waals surface area contributed by atoms with Crippen molar-refractivity contribution in [1.29, 1.82) is 0 Å². The first kappa shape index (κ1) is 21.0. The van der Waals surface area contributed by atoms with Crippen molar-refractivity contribution in [3.05, 3.63) is 5.53 Å². The van der Waals surface area contributed by atoms with Gasteiger partial charge < -0.3 is 24.2 Å². The molecular formula is C16H30N2O5Si. The van der Waals surface area contributed by atoms with Crippen LogP contribution < -0.4 is 0 Å². The summed E-state index contributed by atoms with van der Waals surface area (Å²) in [6.07, 6.45) is -1.40. The minimum Gasteiger partial charge on any atom is -0.457 e. The number of rotatable bonds is 6. The van der Waals surface area contributed by atoms with Crippen LogP contribution in [0.25, 0.3) is 5.53 Å². The van der Waals surface area contributed by atoms with Gasteiger partial charge in [0, 0.05) is 0 Å². The molecule has 1 heterocycles. The first-order chi connectivity index (χ1) is 10.8. The van der Waals surface area contributed by atoms with Gasteiger partial charge in [0.05, 0.1) is 13.2 Å². The first-order valence-corrected chi connectivity index (χ1v) is 11.1. The smallest absolute Gasteiger partial charge is 0.419 e. The summed E-state index contributed by atoms with van der Waals surface area (Å²) in [5.74, 6) is -1.49. The summed E-state index contributed by atoms with van der Waals surface area (Å²) in [5.41, 5.74) is 9.22. The van der Waals surface area contributed by atoms with Gasteiger partial charge in [-0.2, -0.15) is 4.79 Å². The third kappa shape index (κ3) is 4.97. The number of carbonyl (C=O) groups is 1. The highest BCUT2D eigenvalue weighted by Gasteiger charge is 2.51. The number of ether oxygens (including phenoxy) is 3. The van der Waals surface area contributed by atoms with E-state index < -0.39 is 32.3 Å². The molecule has 0 unspecified atom stereocenters. The molecule has 1 rings (SSSR count). The van der Waals surface area contributed by atoms with Crippen LogP contribution in [0.2, 0.25) is 18.1 Å². The maximum Gasteiger partial charge on any atom is 0.419 e. The van der Waals surface area contributed by atoms with Crippen LogP contribution in [0.4, 0.5) is 0 Å². The summed E-state index contributed by atoms with van der Waals surface area (Å²) < 4.78 is 22.8. The summed E-state index contributed by atoms with van der Waals surface area (Å²) in [6, 6.07) is 0. The zero-order valence-electron chi connectivity index (χ0n) is 16.0. The SMILES string of the molecule is CCOC(=O)C(=[N+]=[N-])[C@H](O[Si](C)(C)C(C)(C)C)[C@H]1COC(C)(C)O1.